The van der Waals surface area contributed by atoms with Crippen molar-refractivity contribution < 1.29 is 18.0 Å². The molecule has 0 radical (unpaired) electrons. The highest BCUT2D eigenvalue weighted by Crippen LogP contribution is 2.32. The Morgan fingerprint density at radius 1 is 1.12 bits per heavy atom. The van der Waals surface area contributed by atoms with E-state index in [1.165, 1.54) is 12.1 Å². The molecule has 3 aromatic rings. The van der Waals surface area contributed by atoms with Crippen LogP contribution in [-0.2, 0) is 6.18 Å². The average Bonchev–Trinajstić information content (AvgIpc) is 3.00. The second-order valence-corrected chi connectivity index (χ2v) is 5.57. The van der Waals surface area contributed by atoms with Gasteiger partial charge in [-0.2, -0.15) is 13.2 Å². The quantitative estimate of drug-likeness (QED) is 0.657. The van der Waals surface area contributed by atoms with E-state index < -0.39 is 23.2 Å². The molecule has 1 heterocycles. The maximum Gasteiger partial charge on any atom is 0.417 e. The molecule has 0 bridgehead atoms. The summed E-state index contributed by atoms with van der Waals surface area (Å²) in [6, 6.07) is 11.3. The molecule has 0 aliphatic carbocycles. The fraction of sp³-hybridized carbons (Fsp3) is 0.0588. The summed E-state index contributed by atoms with van der Waals surface area (Å²) >= 11 is 5.13. The van der Waals surface area contributed by atoms with Gasteiger partial charge < -0.3 is 10.3 Å². The minimum atomic E-state index is -4.60. The van der Waals surface area contributed by atoms with Crippen molar-refractivity contribution >= 4 is 23.8 Å². The van der Waals surface area contributed by atoms with Crippen LogP contribution in [-0.4, -0.2) is 15.5 Å². The number of amides is 1. The number of carbonyl (C=O) groups is 1. The number of imidazole rings is 1. The monoisotopic (exact) mass is 363 g/mol. The Kier molecular flexibility index (Phi) is 4.45. The third kappa shape index (κ3) is 3.63. The Balaban J connectivity index is 1.90. The number of carbonyl (C=O) groups excluding carboxylic acids is 1. The van der Waals surface area contributed by atoms with Crippen molar-refractivity contribution in [2.45, 2.75) is 6.18 Å². The highest BCUT2D eigenvalue weighted by Gasteiger charge is 2.34. The van der Waals surface area contributed by atoms with Gasteiger partial charge in [0, 0.05) is 23.8 Å². The minimum Gasteiger partial charge on any atom is -0.337 e. The number of rotatable bonds is 3. The molecule has 0 unspecified atom stereocenters. The number of alkyl halides is 3. The summed E-state index contributed by atoms with van der Waals surface area (Å²) in [5.41, 5.74) is -0.370. The van der Waals surface area contributed by atoms with E-state index in [1.807, 2.05) is 0 Å². The predicted molar refractivity (Wildman–Crippen MR) is 90.4 cm³/mol. The van der Waals surface area contributed by atoms with Crippen molar-refractivity contribution in [3.05, 3.63) is 76.8 Å². The van der Waals surface area contributed by atoms with E-state index in [-0.39, 0.29) is 0 Å². The molecule has 0 aliphatic rings. The van der Waals surface area contributed by atoms with Gasteiger partial charge in [-0.15, -0.1) is 0 Å². The first-order valence-electron chi connectivity index (χ1n) is 7.20. The predicted octanol–water partition coefficient (Wildman–Crippen LogP) is 4.81. The van der Waals surface area contributed by atoms with Crippen LogP contribution in [0.2, 0.25) is 0 Å². The van der Waals surface area contributed by atoms with Gasteiger partial charge in [-0.1, -0.05) is 18.2 Å². The van der Waals surface area contributed by atoms with Crippen molar-refractivity contribution in [2.75, 3.05) is 5.32 Å². The van der Waals surface area contributed by atoms with Crippen molar-refractivity contribution in [3.63, 3.8) is 0 Å². The van der Waals surface area contributed by atoms with Crippen LogP contribution in [0.25, 0.3) is 5.69 Å². The van der Waals surface area contributed by atoms with Crippen LogP contribution in [0.3, 0.4) is 0 Å². The van der Waals surface area contributed by atoms with Gasteiger partial charge in [0.2, 0.25) is 0 Å². The van der Waals surface area contributed by atoms with Gasteiger partial charge in [-0.05, 0) is 42.5 Å². The molecule has 2 aromatic carbocycles. The molecule has 0 fully saturated rings. The zero-order valence-electron chi connectivity index (χ0n) is 12.7. The molecule has 8 heteroatoms. The molecule has 0 saturated carbocycles. The molecule has 0 spiro atoms. The zero-order valence-corrected chi connectivity index (χ0v) is 13.5. The average molecular weight is 363 g/mol. The maximum absolute atomic E-state index is 13.0. The lowest BCUT2D eigenvalue weighted by atomic mass is 10.1. The van der Waals surface area contributed by atoms with E-state index in [0.717, 1.165) is 12.1 Å². The molecule has 0 atom stereocenters. The number of aromatic nitrogens is 2. The molecule has 2 N–H and O–H groups in total. The Morgan fingerprint density at radius 2 is 1.88 bits per heavy atom. The Bertz CT molecular complexity index is 975. The van der Waals surface area contributed by atoms with E-state index in [2.05, 4.69) is 10.3 Å². The van der Waals surface area contributed by atoms with Crippen molar-refractivity contribution in [3.8, 4) is 5.69 Å². The summed E-state index contributed by atoms with van der Waals surface area (Å²) in [7, 11) is 0. The number of aromatic amines is 1. The molecular weight excluding hydrogens is 351 g/mol. The number of nitrogens with one attached hydrogen (secondary N) is 2. The number of H-pyrrole nitrogens is 1. The Hall–Kier alpha value is -2.87. The van der Waals surface area contributed by atoms with E-state index >= 15 is 0 Å². The normalized spacial score (nSPS) is 11.3. The first-order valence-corrected chi connectivity index (χ1v) is 7.61. The highest BCUT2D eigenvalue weighted by molar-refractivity contribution is 7.71. The topological polar surface area (TPSA) is 49.8 Å². The number of nitrogens with zero attached hydrogens (tertiary/aromatic N) is 1. The second-order valence-electron chi connectivity index (χ2n) is 5.18. The third-order valence-corrected chi connectivity index (χ3v) is 3.82. The van der Waals surface area contributed by atoms with Crippen LogP contribution < -0.4 is 5.32 Å². The summed E-state index contributed by atoms with van der Waals surface area (Å²) in [4.78, 5) is 15.1. The van der Waals surface area contributed by atoms with Crippen LogP contribution in [0.15, 0.2) is 60.9 Å². The van der Waals surface area contributed by atoms with Crippen LogP contribution in [0, 0.1) is 4.77 Å². The van der Waals surface area contributed by atoms with Gasteiger partial charge in [0.15, 0.2) is 4.77 Å². The molecule has 3 rings (SSSR count). The molecule has 4 nitrogen and oxygen atoms in total. The second kappa shape index (κ2) is 6.56. The van der Waals surface area contributed by atoms with Crippen molar-refractivity contribution in [1.82, 2.24) is 9.55 Å². The zero-order chi connectivity index (χ0) is 18.0. The minimum absolute atomic E-state index is 0.363. The summed E-state index contributed by atoms with van der Waals surface area (Å²) < 4.78 is 41.3. The van der Waals surface area contributed by atoms with Crippen LogP contribution in [0.4, 0.5) is 18.9 Å². The largest absolute Gasteiger partial charge is 0.417 e. The molecule has 25 heavy (non-hydrogen) atoms. The van der Waals surface area contributed by atoms with Crippen LogP contribution in [0.5, 0.6) is 0 Å². The van der Waals surface area contributed by atoms with E-state index in [9.17, 15) is 18.0 Å². The van der Waals surface area contributed by atoms with E-state index in [1.54, 1.807) is 41.2 Å². The number of halogens is 3. The number of hydrogen-bond donors (Lipinski definition) is 2. The maximum atomic E-state index is 13.0. The van der Waals surface area contributed by atoms with Crippen molar-refractivity contribution in [1.29, 1.82) is 0 Å². The molecule has 128 valence electrons. The lowest BCUT2D eigenvalue weighted by Gasteiger charge is -2.13. The number of benzene rings is 2. The fourth-order valence-electron chi connectivity index (χ4n) is 2.38. The fourth-order valence-corrected chi connectivity index (χ4v) is 2.62. The first-order chi connectivity index (χ1) is 11.9. The van der Waals surface area contributed by atoms with Crippen LogP contribution in [0.1, 0.15) is 15.9 Å². The van der Waals surface area contributed by atoms with Gasteiger partial charge in [0.1, 0.15) is 0 Å². The van der Waals surface area contributed by atoms with E-state index in [4.69, 9.17) is 12.2 Å². The molecule has 1 aromatic heterocycles. The number of anilines is 1. The van der Waals surface area contributed by atoms with Crippen molar-refractivity contribution in [2.24, 2.45) is 0 Å². The smallest absolute Gasteiger partial charge is 0.337 e. The van der Waals surface area contributed by atoms with Gasteiger partial charge in [0.05, 0.1) is 11.1 Å². The summed E-state index contributed by atoms with van der Waals surface area (Å²) in [6.07, 6.45) is -1.23. The SMILES string of the molecule is O=C(Nc1cccc(-n2cc[nH]c2=S)c1)c1ccccc1C(F)(F)F. The molecule has 0 aliphatic heterocycles. The van der Waals surface area contributed by atoms with Crippen LogP contribution >= 0.6 is 12.2 Å². The Labute approximate surface area is 145 Å². The third-order valence-electron chi connectivity index (χ3n) is 3.51. The lowest BCUT2D eigenvalue weighted by Crippen LogP contribution is -2.18. The summed E-state index contributed by atoms with van der Waals surface area (Å²) in [5, 5.41) is 2.50. The van der Waals surface area contributed by atoms with Gasteiger partial charge in [-0.3, -0.25) is 9.36 Å². The molecule has 0 saturated heterocycles. The van der Waals surface area contributed by atoms with Gasteiger partial charge >= 0.3 is 6.18 Å². The summed E-state index contributed by atoms with van der Waals surface area (Å²) in [6.45, 7) is 0. The number of hydrogen-bond acceptors (Lipinski definition) is 2. The lowest BCUT2D eigenvalue weighted by molar-refractivity contribution is -0.137. The standard InChI is InChI=1S/C17H12F3N3OS/c18-17(19,20)14-7-2-1-6-13(14)15(24)22-11-4-3-5-12(10-11)23-9-8-21-16(23)25/h1-10H,(H,21,25)(H,22,24). The van der Waals surface area contributed by atoms with Gasteiger partial charge in [-0.25, -0.2) is 0 Å². The highest BCUT2D eigenvalue weighted by atomic mass is 32.1. The first kappa shape index (κ1) is 17.0. The van der Waals surface area contributed by atoms with E-state index in [0.29, 0.717) is 16.1 Å². The summed E-state index contributed by atoms with van der Waals surface area (Å²) in [5.74, 6) is -0.831. The molecular formula is C17H12F3N3OS. The molecule has 1 amide bonds. The van der Waals surface area contributed by atoms with Gasteiger partial charge in [0.25, 0.3) is 5.91 Å². The Morgan fingerprint density at radius 3 is 2.56 bits per heavy atom.